The van der Waals surface area contributed by atoms with E-state index in [4.69, 9.17) is 0 Å². The third kappa shape index (κ3) is 0.469. The molecule has 2 nitrogen and oxygen atoms in total. The molecule has 2 bridgehead atoms. The molecule has 0 radical (unpaired) electrons. The Labute approximate surface area is 43.5 Å². The van der Waals surface area contributed by atoms with Crippen LogP contribution in [0.5, 0.6) is 0 Å². The molecule has 3 aliphatic heterocycles. The summed E-state index contributed by atoms with van der Waals surface area (Å²) in [4.78, 5) is 2.47. The zero-order valence-corrected chi connectivity index (χ0v) is 4.35. The predicted molar refractivity (Wildman–Crippen MR) is 28.2 cm³/mol. The zero-order valence-electron chi connectivity index (χ0n) is 4.35. The summed E-state index contributed by atoms with van der Waals surface area (Å²) in [6.07, 6.45) is 0. The van der Waals surface area contributed by atoms with E-state index in [1.165, 1.54) is 26.2 Å². The summed E-state index contributed by atoms with van der Waals surface area (Å²) in [6.45, 7) is 5.10. The molecule has 40 valence electrons. The van der Waals surface area contributed by atoms with E-state index in [1.54, 1.807) is 0 Å². The molecule has 0 amide bonds. The highest BCUT2D eigenvalue weighted by atomic mass is 15.3. The second-order valence-corrected chi connectivity index (χ2v) is 2.41. The number of hydrogen-bond donors (Lipinski definition) is 1. The SMILES string of the molecule is C1CN2CC(C2)N1. The molecule has 7 heavy (non-hydrogen) atoms. The van der Waals surface area contributed by atoms with Crippen molar-refractivity contribution in [3.63, 3.8) is 0 Å². The van der Waals surface area contributed by atoms with E-state index in [9.17, 15) is 0 Å². The summed E-state index contributed by atoms with van der Waals surface area (Å²) >= 11 is 0. The lowest BCUT2D eigenvalue weighted by molar-refractivity contribution is 0.0843. The molecular weight excluding hydrogens is 88.1 g/mol. The second kappa shape index (κ2) is 1.20. The Kier molecular flexibility index (Phi) is 0.664. The molecule has 0 spiro atoms. The maximum Gasteiger partial charge on any atom is 0.0323 e. The maximum atomic E-state index is 3.41. The topological polar surface area (TPSA) is 15.3 Å². The molecule has 3 heterocycles. The monoisotopic (exact) mass is 98.1 g/mol. The summed E-state index contributed by atoms with van der Waals surface area (Å²) in [5, 5.41) is 3.41. The Morgan fingerprint density at radius 2 is 2.29 bits per heavy atom. The molecule has 0 aromatic heterocycles. The quantitative estimate of drug-likeness (QED) is 0.430. The van der Waals surface area contributed by atoms with Crippen LogP contribution in [0.4, 0.5) is 0 Å². The molecule has 1 N–H and O–H groups in total. The van der Waals surface area contributed by atoms with Gasteiger partial charge in [0.05, 0.1) is 0 Å². The normalized spacial score (nSPS) is 48.0. The highest BCUT2D eigenvalue weighted by molar-refractivity contribution is 4.90. The van der Waals surface area contributed by atoms with E-state index < -0.39 is 0 Å². The second-order valence-electron chi connectivity index (χ2n) is 2.41. The minimum Gasteiger partial charge on any atom is -0.310 e. The minimum atomic E-state index is 0.855. The smallest absolute Gasteiger partial charge is 0.0323 e. The summed E-state index contributed by atoms with van der Waals surface area (Å²) in [6, 6.07) is 0.855. The molecule has 3 aliphatic rings. The third-order valence-electron chi connectivity index (χ3n) is 1.82. The van der Waals surface area contributed by atoms with Gasteiger partial charge < -0.3 is 5.32 Å². The standard InChI is InChI=1S/C5H10N2/c1-2-7-3-5(4-7)6-1/h5-6H,1-4H2. The van der Waals surface area contributed by atoms with Crippen molar-refractivity contribution in [3.05, 3.63) is 0 Å². The average Bonchev–Trinajstić information content (AvgIpc) is 1.67. The lowest BCUT2D eigenvalue weighted by atomic mass is 10.1. The van der Waals surface area contributed by atoms with Crippen molar-refractivity contribution in [3.8, 4) is 0 Å². The fraction of sp³-hybridized carbons (Fsp3) is 1.00. The lowest BCUT2D eigenvalue weighted by Gasteiger charge is -2.44. The zero-order chi connectivity index (χ0) is 4.69. The molecule has 2 heteroatoms. The molecule has 3 rings (SSSR count). The van der Waals surface area contributed by atoms with E-state index in [-0.39, 0.29) is 0 Å². The van der Waals surface area contributed by atoms with Crippen molar-refractivity contribution in [2.75, 3.05) is 26.2 Å². The van der Waals surface area contributed by atoms with Crippen LogP contribution in [0.25, 0.3) is 0 Å². The predicted octanol–water partition coefficient (Wildman–Crippen LogP) is -0.726. The minimum absolute atomic E-state index is 0.855. The molecule has 0 unspecified atom stereocenters. The van der Waals surface area contributed by atoms with Crippen LogP contribution in [-0.2, 0) is 0 Å². The van der Waals surface area contributed by atoms with Gasteiger partial charge in [-0.3, -0.25) is 4.90 Å². The average molecular weight is 98.1 g/mol. The van der Waals surface area contributed by atoms with Crippen LogP contribution in [0.3, 0.4) is 0 Å². The van der Waals surface area contributed by atoms with Gasteiger partial charge in [0.2, 0.25) is 0 Å². The molecule has 3 fully saturated rings. The summed E-state index contributed by atoms with van der Waals surface area (Å²) in [7, 11) is 0. The Hall–Kier alpha value is -0.0800. The van der Waals surface area contributed by atoms with Gasteiger partial charge in [0.15, 0.2) is 0 Å². The molecule has 0 aromatic carbocycles. The van der Waals surface area contributed by atoms with E-state index in [0.29, 0.717) is 0 Å². The Morgan fingerprint density at radius 3 is 2.43 bits per heavy atom. The van der Waals surface area contributed by atoms with Crippen molar-refractivity contribution in [2.45, 2.75) is 6.04 Å². The number of nitrogens with one attached hydrogen (secondary N) is 1. The first-order chi connectivity index (χ1) is 3.45. The van der Waals surface area contributed by atoms with Gasteiger partial charge in [-0.2, -0.15) is 0 Å². The first kappa shape index (κ1) is 3.87. The van der Waals surface area contributed by atoms with Crippen LogP contribution in [0.2, 0.25) is 0 Å². The van der Waals surface area contributed by atoms with Crippen molar-refractivity contribution >= 4 is 0 Å². The van der Waals surface area contributed by atoms with Gasteiger partial charge in [-0.15, -0.1) is 0 Å². The Balaban J connectivity index is 1.99. The van der Waals surface area contributed by atoms with Crippen LogP contribution in [-0.4, -0.2) is 37.1 Å². The van der Waals surface area contributed by atoms with Gasteiger partial charge in [-0.25, -0.2) is 0 Å². The van der Waals surface area contributed by atoms with E-state index in [2.05, 4.69) is 10.2 Å². The molecule has 3 saturated heterocycles. The van der Waals surface area contributed by atoms with Crippen molar-refractivity contribution < 1.29 is 0 Å². The summed E-state index contributed by atoms with van der Waals surface area (Å²) < 4.78 is 0. The van der Waals surface area contributed by atoms with Crippen molar-refractivity contribution in [1.29, 1.82) is 0 Å². The first-order valence-electron chi connectivity index (χ1n) is 2.91. The van der Waals surface area contributed by atoms with Gasteiger partial charge >= 0.3 is 0 Å². The third-order valence-corrected chi connectivity index (χ3v) is 1.82. The number of rotatable bonds is 0. The van der Waals surface area contributed by atoms with Crippen molar-refractivity contribution in [2.24, 2.45) is 0 Å². The molecule has 0 aromatic rings. The fourth-order valence-corrected chi connectivity index (χ4v) is 1.31. The largest absolute Gasteiger partial charge is 0.310 e. The Morgan fingerprint density at radius 1 is 1.43 bits per heavy atom. The molecule has 0 aliphatic carbocycles. The van der Waals surface area contributed by atoms with E-state index >= 15 is 0 Å². The number of fused-ring (bicyclic) bond motifs is 2. The summed E-state index contributed by atoms with van der Waals surface area (Å²) in [5.41, 5.74) is 0. The van der Waals surface area contributed by atoms with Gasteiger partial charge in [0.25, 0.3) is 0 Å². The highest BCUT2D eigenvalue weighted by Crippen LogP contribution is 2.09. The fourth-order valence-electron chi connectivity index (χ4n) is 1.31. The lowest BCUT2D eigenvalue weighted by Crippen LogP contribution is -2.64. The Bertz CT molecular complexity index is 62.6. The number of piperazine rings is 2. The number of nitrogens with zero attached hydrogens (tertiary/aromatic N) is 1. The van der Waals surface area contributed by atoms with E-state index in [0.717, 1.165) is 6.04 Å². The van der Waals surface area contributed by atoms with Crippen molar-refractivity contribution in [1.82, 2.24) is 10.2 Å². The van der Waals surface area contributed by atoms with Crippen LogP contribution in [0.1, 0.15) is 0 Å². The van der Waals surface area contributed by atoms with Gasteiger partial charge in [0, 0.05) is 32.2 Å². The maximum absolute atomic E-state index is 3.41. The first-order valence-corrected chi connectivity index (χ1v) is 2.91. The summed E-state index contributed by atoms with van der Waals surface area (Å²) in [5.74, 6) is 0. The molecule has 0 atom stereocenters. The van der Waals surface area contributed by atoms with Crippen LogP contribution in [0.15, 0.2) is 0 Å². The van der Waals surface area contributed by atoms with Crippen LogP contribution in [0, 0.1) is 0 Å². The van der Waals surface area contributed by atoms with Gasteiger partial charge in [-0.05, 0) is 0 Å². The van der Waals surface area contributed by atoms with Crippen LogP contribution < -0.4 is 5.32 Å². The van der Waals surface area contributed by atoms with Gasteiger partial charge in [0.1, 0.15) is 0 Å². The van der Waals surface area contributed by atoms with Crippen LogP contribution >= 0.6 is 0 Å². The van der Waals surface area contributed by atoms with Gasteiger partial charge in [-0.1, -0.05) is 0 Å². The number of hydrogen-bond acceptors (Lipinski definition) is 2. The molecule has 0 saturated carbocycles. The molecular formula is C5H10N2. The van der Waals surface area contributed by atoms with E-state index in [1.807, 2.05) is 0 Å². The highest BCUT2D eigenvalue weighted by Gasteiger charge is 2.29.